The number of hydrogen-bond donors (Lipinski definition) is 2. The average Bonchev–Trinajstić information content (AvgIpc) is 1.93. The maximum atomic E-state index is 6.64. The molecule has 15 heavy (non-hydrogen) atoms. The second-order valence-corrected chi connectivity index (χ2v) is 7.69. The molecule has 4 aliphatic rings. The van der Waals surface area contributed by atoms with Crippen LogP contribution < -0.4 is 11.5 Å². The normalized spacial score (nSPS) is 67.4. The highest BCUT2D eigenvalue weighted by atomic mass is 14.9. The molecular formula is C13H24N2. The predicted octanol–water partition coefficient (Wildman–Crippen LogP) is 2.02. The van der Waals surface area contributed by atoms with E-state index in [1.165, 1.54) is 32.1 Å². The maximum Gasteiger partial charge on any atom is 0.0208 e. The zero-order valence-electron chi connectivity index (χ0n) is 10.3. The van der Waals surface area contributed by atoms with Crippen LogP contribution in [0.5, 0.6) is 0 Å². The topological polar surface area (TPSA) is 52.0 Å². The highest BCUT2D eigenvalue weighted by molar-refractivity contribution is 5.22. The van der Waals surface area contributed by atoms with Gasteiger partial charge in [0.1, 0.15) is 0 Å². The Morgan fingerprint density at radius 2 is 1.13 bits per heavy atom. The quantitative estimate of drug-likeness (QED) is 0.640. The molecule has 0 aliphatic heterocycles. The minimum Gasteiger partial charge on any atom is -0.325 e. The van der Waals surface area contributed by atoms with E-state index in [2.05, 4.69) is 20.8 Å². The Hall–Kier alpha value is -0.0800. The van der Waals surface area contributed by atoms with E-state index < -0.39 is 0 Å². The van der Waals surface area contributed by atoms with Crippen molar-refractivity contribution in [2.24, 2.45) is 28.2 Å². The summed E-state index contributed by atoms with van der Waals surface area (Å²) in [5.74, 6) is 0.492. The van der Waals surface area contributed by atoms with E-state index in [1.807, 2.05) is 0 Å². The molecule has 2 nitrogen and oxygen atoms in total. The zero-order chi connectivity index (χ0) is 11.1. The fraction of sp³-hybridized carbons (Fsp3) is 1.00. The van der Waals surface area contributed by atoms with E-state index in [1.54, 1.807) is 0 Å². The first kappa shape index (κ1) is 10.1. The first-order valence-corrected chi connectivity index (χ1v) is 6.27. The first-order valence-electron chi connectivity index (χ1n) is 6.27. The van der Waals surface area contributed by atoms with Crippen molar-refractivity contribution < 1.29 is 0 Å². The van der Waals surface area contributed by atoms with Crippen LogP contribution in [0.2, 0.25) is 0 Å². The Morgan fingerprint density at radius 1 is 0.800 bits per heavy atom. The standard InChI is InChI=1S/C13H24N2/c1-9-12(14)5-10(2)4-11(3,7-12)8-13(9,15)6-10/h9H,4-8,14-15H2,1-3H3. The molecule has 0 aromatic carbocycles. The van der Waals surface area contributed by atoms with Crippen LogP contribution in [0.1, 0.15) is 52.9 Å². The lowest BCUT2D eigenvalue weighted by Gasteiger charge is -2.70. The van der Waals surface area contributed by atoms with Crippen molar-refractivity contribution in [1.82, 2.24) is 0 Å². The van der Waals surface area contributed by atoms with Gasteiger partial charge in [0.15, 0.2) is 0 Å². The van der Waals surface area contributed by atoms with Crippen LogP contribution in [0, 0.1) is 16.7 Å². The smallest absolute Gasteiger partial charge is 0.0208 e. The fourth-order valence-electron chi connectivity index (χ4n) is 5.89. The molecular weight excluding hydrogens is 184 g/mol. The molecule has 86 valence electrons. The van der Waals surface area contributed by atoms with Crippen LogP contribution in [0.4, 0.5) is 0 Å². The largest absolute Gasteiger partial charge is 0.325 e. The summed E-state index contributed by atoms with van der Waals surface area (Å²) in [7, 11) is 0. The highest BCUT2D eigenvalue weighted by Crippen LogP contribution is 2.67. The van der Waals surface area contributed by atoms with Crippen LogP contribution >= 0.6 is 0 Å². The van der Waals surface area contributed by atoms with Crippen LogP contribution in [0.3, 0.4) is 0 Å². The Bertz CT molecular complexity index is 278. The van der Waals surface area contributed by atoms with Crippen LogP contribution in [-0.2, 0) is 0 Å². The fourth-order valence-corrected chi connectivity index (χ4v) is 5.89. The Kier molecular flexibility index (Phi) is 1.54. The molecule has 0 radical (unpaired) electrons. The second-order valence-electron chi connectivity index (χ2n) is 7.69. The Labute approximate surface area is 92.8 Å². The summed E-state index contributed by atoms with van der Waals surface area (Å²) in [4.78, 5) is 0. The van der Waals surface area contributed by atoms with Gasteiger partial charge in [-0.15, -0.1) is 0 Å². The summed E-state index contributed by atoms with van der Waals surface area (Å²) in [6, 6.07) is 0. The molecule has 4 rings (SSSR count). The van der Waals surface area contributed by atoms with Gasteiger partial charge in [-0.3, -0.25) is 0 Å². The van der Waals surface area contributed by atoms with Gasteiger partial charge in [-0.2, -0.15) is 0 Å². The van der Waals surface area contributed by atoms with E-state index >= 15 is 0 Å². The zero-order valence-corrected chi connectivity index (χ0v) is 10.3. The van der Waals surface area contributed by atoms with Crippen molar-refractivity contribution in [3.63, 3.8) is 0 Å². The number of nitrogens with two attached hydrogens (primary N) is 2. The lowest BCUT2D eigenvalue weighted by atomic mass is 9.38. The molecule has 4 saturated carbocycles. The SMILES string of the molecule is CC1C2(N)CC3(C)CC(C)(C2)CC1(N)C3. The van der Waals surface area contributed by atoms with E-state index in [4.69, 9.17) is 11.5 Å². The first-order chi connectivity index (χ1) is 6.69. The molecule has 0 atom stereocenters. The Morgan fingerprint density at radius 3 is 1.47 bits per heavy atom. The summed E-state index contributed by atoms with van der Waals surface area (Å²) in [6.07, 6.45) is 6.10. The molecule has 0 amide bonds. The summed E-state index contributed by atoms with van der Waals surface area (Å²) in [5.41, 5.74) is 14.2. The molecule has 4 aliphatic carbocycles. The van der Waals surface area contributed by atoms with Crippen LogP contribution in [0.15, 0.2) is 0 Å². The van der Waals surface area contributed by atoms with Crippen molar-refractivity contribution in [3.8, 4) is 0 Å². The van der Waals surface area contributed by atoms with Crippen LogP contribution in [-0.4, -0.2) is 11.1 Å². The second kappa shape index (κ2) is 2.28. The third-order valence-corrected chi connectivity index (χ3v) is 5.60. The van der Waals surface area contributed by atoms with E-state index in [-0.39, 0.29) is 11.1 Å². The molecule has 4 fully saturated rings. The van der Waals surface area contributed by atoms with Gasteiger partial charge in [0, 0.05) is 11.1 Å². The molecule has 4 N–H and O–H groups in total. The van der Waals surface area contributed by atoms with E-state index in [0.717, 1.165) is 0 Å². The summed E-state index contributed by atoms with van der Waals surface area (Å²) in [6.45, 7) is 7.09. The minimum atomic E-state index is 0.0208. The van der Waals surface area contributed by atoms with Gasteiger partial charge < -0.3 is 11.5 Å². The molecule has 4 bridgehead atoms. The van der Waals surface area contributed by atoms with Gasteiger partial charge in [0.25, 0.3) is 0 Å². The monoisotopic (exact) mass is 208 g/mol. The van der Waals surface area contributed by atoms with Gasteiger partial charge >= 0.3 is 0 Å². The molecule has 0 saturated heterocycles. The predicted molar refractivity (Wildman–Crippen MR) is 62.3 cm³/mol. The lowest BCUT2D eigenvalue weighted by Crippen LogP contribution is -2.76. The van der Waals surface area contributed by atoms with Crippen molar-refractivity contribution >= 4 is 0 Å². The molecule has 0 unspecified atom stereocenters. The summed E-state index contributed by atoms with van der Waals surface area (Å²) in [5, 5.41) is 0. The van der Waals surface area contributed by atoms with Gasteiger partial charge in [0.05, 0.1) is 0 Å². The van der Waals surface area contributed by atoms with Gasteiger partial charge in [0.2, 0.25) is 0 Å². The van der Waals surface area contributed by atoms with E-state index in [9.17, 15) is 0 Å². The van der Waals surface area contributed by atoms with Crippen LogP contribution in [0.25, 0.3) is 0 Å². The highest BCUT2D eigenvalue weighted by Gasteiger charge is 2.66. The van der Waals surface area contributed by atoms with Crippen molar-refractivity contribution in [1.29, 1.82) is 0 Å². The molecule has 0 heterocycles. The lowest BCUT2D eigenvalue weighted by molar-refractivity contribution is -0.150. The molecule has 0 spiro atoms. The van der Waals surface area contributed by atoms with E-state index in [0.29, 0.717) is 16.7 Å². The molecule has 0 aromatic rings. The van der Waals surface area contributed by atoms with Crippen molar-refractivity contribution in [2.45, 2.75) is 64.0 Å². The summed E-state index contributed by atoms with van der Waals surface area (Å²) >= 11 is 0. The molecule has 0 aromatic heterocycles. The third-order valence-electron chi connectivity index (χ3n) is 5.60. The maximum absolute atomic E-state index is 6.64. The Balaban J connectivity index is 2.12. The van der Waals surface area contributed by atoms with Crippen molar-refractivity contribution in [2.75, 3.05) is 0 Å². The van der Waals surface area contributed by atoms with Crippen molar-refractivity contribution in [3.05, 3.63) is 0 Å². The van der Waals surface area contributed by atoms with Gasteiger partial charge in [-0.25, -0.2) is 0 Å². The third kappa shape index (κ3) is 1.13. The summed E-state index contributed by atoms with van der Waals surface area (Å²) < 4.78 is 0. The van der Waals surface area contributed by atoms with Gasteiger partial charge in [-0.05, 0) is 48.9 Å². The average molecular weight is 208 g/mol. The minimum absolute atomic E-state index is 0.0208. The molecule has 2 heteroatoms. The van der Waals surface area contributed by atoms with Gasteiger partial charge in [-0.1, -0.05) is 20.8 Å². The number of rotatable bonds is 0. The number of hydrogen-bond acceptors (Lipinski definition) is 2.